The van der Waals surface area contributed by atoms with Crippen LogP contribution in [0.25, 0.3) is 0 Å². The zero-order valence-electron chi connectivity index (χ0n) is 10.5. The molecule has 0 fully saturated rings. The van der Waals surface area contributed by atoms with Gasteiger partial charge < -0.3 is 16.0 Å². The second-order valence-electron chi connectivity index (χ2n) is 4.54. The van der Waals surface area contributed by atoms with Crippen LogP contribution in [0.1, 0.15) is 34.1 Å². The highest BCUT2D eigenvalue weighted by Crippen LogP contribution is 2.02. The number of hydrogen-bond acceptors (Lipinski definition) is 3. The fraction of sp³-hybridized carbons (Fsp3) is 0.909. The molecule has 0 aromatic rings. The molecule has 4 heteroatoms. The third-order valence-corrected chi connectivity index (χ3v) is 2.26. The monoisotopic (exact) mass is 215 g/mol. The van der Waals surface area contributed by atoms with Gasteiger partial charge in [0.25, 0.3) is 0 Å². The van der Waals surface area contributed by atoms with Gasteiger partial charge in [-0.2, -0.15) is 0 Å². The number of amides is 1. The molecule has 0 atom stereocenters. The Labute approximate surface area is 93.2 Å². The molecular weight excluding hydrogens is 190 g/mol. The predicted octanol–water partition coefficient (Wildman–Crippen LogP) is 0.572. The summed E-state index contributed by atoms with van der Waals surface area (Å²) in [7, 11) is 0. The van der Waals surface area contributed by atoms with Gasteiger partial charge in [0.15, 0.2) is 0 Å². The van der Waals surface area contributed by atoms with Gasteiger partial charge in [-0.3, -0.25) is 4.79 Å². The van der Waals surface area contributed by atoms with Crippen molar-refractivity contribution in [3.05, 3.63) is 0 Å². The fourth-order valence-electron chi connectivity index (χ4n) is 1.37. The summed E-state index contributed by atoms with van der Waals surface area (Å²) >= 11 is 0. The summed E-state index contributed by atoms with van der Waals surface area (Å²) in [4.78, 5) is 13.7. The van der Waals surface area contributed by atoms with Gasteiger partial charge in [-0.05, 0) is 26.9 Å². The van der Waals surface area contributed by atoms with Crippen molar-refractivity contribution in [1.29, 1.82) is 0 Å². The second kappa shape index (κ2) is 6.80. The summed E-state index contributed by atoms with van der Waals surface area (Å²) in [6.07, 6.45) is 0.380. The quantitative estimate of drug-likeness (QED) is 0.653. The summed E-state index contributed by atoms with van der Waals surface area (Å²) in [5.41, 5.74) is 5.33. The smallest absolute Gasteiger partial charge is 0.221 e. The van der Waals surface area contributed by atoms with Crippen molar-refractivity contribution in [2.24, 2.45) is 5.73 Å². The number of hydrogen-bond donors (Lipinski definition) is 2. The molecule has 15 heavy (non-hydrogen) atoms. The van der Waals surface area contributed by atoms with Crippen molar-refractivity contribution in [3.63, 3.8) is 0 Å². The molecule has 0 aliphatic carbocycles. The van der Waals surface area contributed by atoms with E-state index >= 15 is 0 Å². The van der Waals surface area contributed by atoms with Crippen LogP contribution in [0.15, 0.2) is 0 Å². The molecule has 0 bridgehead atoms. The molecule has 0 spiro atoms. The number of likely N-dealkylation sites (N-methyl/N-ethyl adjacent to an activating group) is 1. The summed E-state index contributed by atoms with van der Waals surface area (Å²) in [5, 5.41) is 2.88. The number of carbonyl (C=O) groups excluding carboxylic acids is 1. The van der Waals surface area contributed by atoms with E-state index in [0.29, 0.717) is 13.0 Å². The van der Waals surface area contributed by atoms with Gasteiger partial charge in [-0.25, -0.2) is 0 Å². The van der Waals surface area contributed by atoms with Gasteiger partial charge in [-0.15, -0.1) is 0 Å². The SMILES string of the molecule is CCN(CC)CCNC(=O)CC(C)(C)N. The van der Waals surface area contributed by atoms with E-state index in [9.17, 15) is 4.79 Å². The third kappa shape index (κ3) is 8.39. The zero-order chi connectivity index (χ0) is 11.9. The molecule has 0 radical (unpaired) electrons. The van der Waals surface area contributed by atoms with Crippen LogP contribution in [0.4, 0.5) is 0 Å². The first kappa shape index (κ1) is 14.4. The molecule has 4 nitrogen and oxygen atoms in total. The van der Waals surface area contributed by atoms with Crippen LogP contribution in [0, 0.1) is 0 Å². The lowest BCUT2D eigenvalue weighted by Gasteiger charge is -2.20. The average molecular weight is 215 g/mol. The Bertz CT molecular complexity index is 183. The highest BCUT2D eigenvalue weighted by atomic mass is 16.1. The Morgan fingerprint density at radius 2 is 1.87 bits per heavy atom. The highest BCUT2D eigenvalue weighted by Gasteiger charge is 2.15. The highest BCUT2D eigenvalue weighted by molar-refractivity contribution is 5.77. The molecule has 90 valence electrons. The van der Waals surface area contributed by atoms with Crippen molar-refractivity contribution < 1.29 is 4.79 Å². The molecule has 0 heterocycles. The average Bonchev–Trinajstić information content (AvgIpc) is 2.09. The molecule has 1 amide bonds. The summed E-state index contributed by atoms with van der Waals surface area (Å²) in [6.45, 7) is 11.6. The molecule has 3 N–H and O–H groups in total. The van der Waals surface area contributed by atoms with Crippen molar-refractivity contribution in [2.45, 2.75) is 39.7 Å². The topological polar surface area (TPSA) is 58.4 Å². The number of nitrogens with two attached hydrogens (primary N) is 1. The van der Waals surface area contributed by atoms with Crippen LogP contribution < -0.4 is 11.1 Å². The van der Waals surface area contributed by atoms with Crippen LogP contribution in [0.5, 0.6) is 0 Å². The van der Waals surface area contributed by atoms with Crippen LogP contribution >= 0.6 is 0 Å². The van der Waals surface area contributed by atoms with E-state index in [1.807, 2.05) is 13.8 Å². The Morgan fingerprint density at radius 1 is 1.33 bits per heavy atom. The minimum absolute atomic E-state index is 0.0367. The maximum absolute atomic E-state index is 11.4. The van der Waals surface area contributed by atoms with Crippen molar-refractivity contribution >= 4 is 5.91 Å². The molecule has 0 unspecified atom stereocenters. The third-order valence-electron chi connectivity index (χ3n) is 2.26. The van der Waals surface area contributed by atoms with E-state index in [1.165, 1.54) is 0 Å². The molecule has 0 aromatic carbocycles. The molecular formula is C11H25N3O. The van der Waals surface area contributed by atoms with E-state index in [2.05, 4.69) is 24.1 Å². The number of nitrogens with one attached hydrogen (secondary N) is 1. The van der Waals surface area contributed by atoms with E-state index in [0.717, 1.165) is 19.6 Å². The van der Waals surface area contributed by atoms with Crippen LogP contribution in [-0.2, 0) is 4.79 Å². The van der Waals surface area contributed by atoms with Gasteiger partial charge in [0, 0.05) is 25.0 Å². The zero-order valence-corrected chi connectivity index (χ0v) is 10.5. The maximum Gasteiger partial charge on any atom is 0.221 e. The van der Waals surface area contributed by atoms with Crippen molar-refractivity contribution in [1.82, 2.24) is 10.2 Å². The van der Waals surface area contributed by atoms with E-state index in [1.54, 1.807) is 0 Å². The largest absolute Gasteiger partial charge is 0.355 e. The second-order valence-corrected chi connectivity index (χ2v) is 4.54. The minimum Gasteiger partial charge on any atom is -0.355 e. The molecule has 0 saturated carbocycles. The lowest BCUT2D eigenvalue weighted by molar-refractivity contribution is -0.122. The van der Waals surface area contributed by atoms with Crippen LogP contribution in [-0.4, -0.2) is 42.5 Å². The Kier molecular flexibility index (Phi) is 6.52. The Hall–Kier alpha value is -0.610. The normalized spacial score (nSPS) is 11.9. The minimum atomic E-state index is -0.417. The summed E-state index contributed by atoms with van der Waals surface area (Å²) in [5.74, 6) is 0.0367. The van der Waals surface area contributed by atoms with Crippen LogP contribution in [0.2, 0.25) is 0 Å². The number of rotatable bonds is 7. The van der Waals surface area contributed by atoms with E-state index < -0.39 is 5.54 Å². The van der Waals surface area contributed by atoms with Crippen LogP contribution in [0.3, 0.4) is 0 Å². The Morgan fingerprint density at radius 3 is 2.27 bits per heavy atom. The first-order valence-electron chi connectivity index (χ1n) is 5.67. The summed E-state index contributed by atoms with van der Waals surface area (Å²) < 4.78 is 0. The molecule has 0 aliphatic rings. The molecule has 0 aromatic heterocycles. The molecule has 0 saturated heterocycles. The van der Waals surface area contributed by atoms with Gasteiger partial charge in [0.1, 0.15) is 0 Å². The first-order valence-corrected chi connectivity index (χ1v) is 5.67. The van der Waals surface area contributed by atoms with Gasteiger partial charge in [0.2, 0.25) is 5.91 Å². The number of carbonyl (C=O) groups is 1. The van der Waals surface area contributed by atoms with E-state index in [4.69, 9.17) is 5.73 Å². The molecule has 0 aliphatic heterocycles. The van der Waals surface area contributed by atoms with Gasteiger partial charge in [0.05, 0.1) is 0 Å². The first-order chi connectivity index (χ1) is 6.89. The summed E-state index contributed by atoms with van der Waals surface area (Å²) in [6, 6.07) is 0. The Balaban J connectivity index is 3.64. The van der Waals surface area contributed by atoms with Gasteiger partial charge >= 0.3 is 0 Å². The maximum atomic E-state index is 11.4. The molecule has 0 rings (SSSR count). The predicted molar refractivity (Wildman–Crippen MR) is 63.7 cm³/mol. The van der Waals surface area contributed by atoms with E-state index in [-0.39, 0.29) is 5.91 Å². The lowest BCUT2D eigenvalue weighted by Crippen LogP contribution is -2.41. The van der Waals surface area contributed by atoms with Crippen molar-refractivity contribution in [3.8, 4) is 0 Å². The van der Waals surface area contributed by atoms with Crippen molar-refractivity contribution in [2.75, 3.05) is 26.2 Å². The number of nitrogens with zero attached hydrogens (tertiary/aromatic N) is 1. The fourth-order valence-corrected chi connectivity index (χ4v) is 1.37. The van der Waals surface area contributed by atoms with Gasteiger partial charge in [-0.1, -0.05) is 13.8 Å². The standard InChI is InChI=1S/C11H25N3O/c1-5-14(6-2)8-7-13-10(15)9-11(3,4)12/h5-9,12H2,1-4H3,(H,13,15). The lowest BCUT2D eigenvalue weighted by atomic mass is 10.0.